The lowest BCUT2D eigenvalue weighted by molar-refractivity contribution is -0.113. The van der Waals surface area contributed by atoms with Crippen molar-refractivity contribution in [1.82, 2.24) is 20.1 Å². The first kappa shape index (κ1) is 24.1. The standard InChI is InChI=1S/C22H23Cl2N5O2S/c1-13(2)19(26-21(31)14-7-5-4-6-8-14)20-27-28-22(29(20)3)32-12-18(30)25-15-9-10-16(23)17(24)11-15/h4-11,13,19H,12H2,1-3H3,(H,25,30)(H,26,31)/t19-/m0/s1. The highest BCUT2D eigenvalue weighted by molar-refractivity contribution is 7.99. The summed E-state index contributed by atoms with van der Waals surface area (Å²) in [6, 6.07) is 13.6. The molecule has 0 aliphatic heterocycles. The molecule has 3 aromatic rings. The summed E-state index contributed by atoms with van der Waals surface area (Å²) in [4.78, 5) is 25.0. The first-order chi connectivity index (χ1) is 15.3. The van der Waals surface area contributed by atoms with Crippen LogP contribution in [0.3, 0.4) is 0 Å². The van der Waals surface area contributed by atoms with Crippen LogP contribution in [0.15, 0.2) is 53.7 Å². The fourth-order valence-electron chi connectivity index (χ4n) is 2.97. The van der Waals surface area contributed by atoms with Gasteiger partial charge in [0, 0.05) is 18.3 Å². The second-order valence-electron chi connectivity index (χ2n) is 7.43. The van der Waals surface area contributed by atoms with Gasteiger partial charge in [-0.2, -0.15) is 0 Å². The van der Waals surface area contributed by atoms with Crippen molar-refractivity contribution in [3.63, 3.8) is 0 Å². The van der Waals surface area contributed by atoms with Crippen molar-refractivity contribution in [1.29, 1.82) is 0 Å². The molecule has 7 nitrogen and oxygen atoms in total. The highest BCUT2D eigenvalue weighted by Crippen LogP contribution is 2.26. The minimum Gasteiger partial charge on any atom is -0.342 e. The second kappa shape index (κ2) is 10.8. The van der Waals surface area contributed by atoms with Crippen LogP contribution in [0.5, 0.6) is 0 Å². The molecular formula is C22H23Cl2N5O2S. The molecule has 1 aromatic heterocycles. The van der Waals surface area contributed by atoms with Crippen LogP contribution in [0.4, 0.5) is 5.69 Å². The Kier molecular flexibility index (Phi) is 8.17. The Morgan fingerprint density at radius 2 is 1.78 bits per heavy atom. The van der Waals surface area contributed by atoms with Crippen molar-refractivity contribution in [2.24, 2.45) is 13.0 Å². The molecule has 0 saturated carbocycles. The minimum atomic E-state index is -0.334. The summed E-state index contributed by atoms with van der Waals surface area (Å²) in [5, 5.41) is 15.7. The van der Waals surface area contributed by atoms with Gasteiger partial charge in [0.2, 0.25) is 5.91 Å². The van der Waals surface area contributed by atoms with Crippen LogP contribution in [-0.2, 0) is 11.8 Å². The molecule has 2 N–H and O–H groups in total. The van der Waals surface area contributed by atoms with E-state index >= 15 is 0 Å². The van der Waals surface area contributed by atoms with Gasteiger partial charge in [-0.05, 0) is 36.2 Å². The number of halogens is 2. The largest absolute Gasteiger partial charge is 0.342 e. The smallest absolute Gasteiger partial charge is 0.251 e. The van der Waals surface area contributed by atoms with Crippen LogP contribution in [0.1, 0.15) is 36.1 Å². The Morgan fingerprint density at radius 3 is 2.44 bits per heavy atom. The van der Waals surface area contributed by atoms with E-state index in [-0.39, 0.29) is 29.5 Å². The van der Waals surface area contributed by atoms with Crippen LogP contribution < -0.4 is 10.6 Å². The first-order valence-electron chi connectivity index (χ1n) is 9.89. The van der Waals surface area contributed by atoms with Crippen LogP contribution in [0.2, 0.25) is 10.0 Å². The Bertz CT molecular complexity index is 1100. The number of nitrogens with zero attached hydrogens (tertiary/aromatic N) is 3. The monoisotopic (exact) mass is 491 g/mol. The van der Waals surface area contributed by atoms with Crippen LogP contribution >= 0.6 is 35.0 Å². The molecule has 168 valence electrons. The van der Waals surface area contributed by atoms with E-state index in [1.807, 2.05) is 39.1 Å². The summed E-state index contributed by atoms with van der Waals surface area (Å²) in [6.07, 6.45) is 0. The van der Waals surface area contributed by atoms with Gasteiger partial charge in [0.15, 0.2) is 11.0 Å². The molecular weight excluding hydrogens is 469 g/mol. The molecule has 32 heavy (non-hydrogen) atoms. The van der Waals surface area contributed by atoms with Gasteiger partial charge < -0.3 is 15.2 Å². The zero-order chi connectivity index (χ0) is 23.3. The lowest BCUT2D eigenvalue weighted by atomic mass is 10.0. The van der Waals surface area contributed by atoms with E-state index < -0.39 is 0 Å². The van der Waals surface area contributed by atoms with Crippen LogP contribution in [0, 0.1) is 5.92 Å². The number of rotatable bonds is 8. The summed E-state index contributed by atoms with van der Waals surface area (Å²) < 4.78 is 1.80. The van der Waals surface area contributed by atoms with Crippen molar-refractivity contribution in [3.8, 4) is 0 Å². The normalized spacial score (nSPS) is 11.9. The molecule has 1 heterocycles. The molecule has 1 atom stereocenters. The fourth-order valence-corrected chi connectivity index (χ4v) is 3.98. The molecule has 0 unspecified atom stereocenters. The van der Waals surface area contributed by atoms with E-state index in [1.54, 1.807) is 34.9 Å². The highest BCUT2D eigenvalue weighted by atomic mass is 35.5. The predicted octanol–water partition coefficient (Wildman–Crippen LogP) is 4.98. The molecule has 0 radical (unpaired) electrons. The molecule has 0 fully saturated rings. The first-order valence-corrected chi connectivity index (χ1v) is 11.6. The maximum Gasteiger partial charge on any atom is 0.251 e. The number of hydrogen-bond acceptors (Lipinski definition) is 5. The predicted molar refractivity (Wildman–Crippen MR) is 128 cm³/mol. The average Bonchev–Trinajstić information content (AvgIpc) is 3.13. The third kappa shape index (κ3) is 6.03. The van der Waals surface area contributed by atoms with Crippen molar-refractivity contribution in [3.05, 3.63) is 70.0 Å². The molecule has 0 aliphatic rings. The molecule has 0 spiro atoms. The van der Waals surface area contributed by atoms with E-state index in [2.05, 4.69) is 20.8 Å². The van der Waals surface area contributed by atoms with E-state index in [1.165, 1.54) is 11.8 Å². The van der Waals surface area contributed by atoms with Crippen molar-refractivity contribution in [2.75, 3.05) is 11.1 Å². The third-order valence-electron chi connectivity index (χ3n) is 4.67. The van der Waals surface area contributed by atoms with Gasteiger partial charge in [0.1, 0.15) is 0 Å². The lowest BCUT2D eigenvalue weighted by Crippen LogP contribution is -2.33. The van der Waals surface area contributed by atoms with Gasteiger partial charge in [-0.15, -0.1) is 10.2 Å². The maximum atomic E-state index is 12.6. The van der Waals surface area contributed by atoms with Gasteiger partial charge in [-0.25, -0.2) is 0 Å². The Hall–Kier alpha value is -2.55. The third-order valence-corrected chi connectivity index (χ3v) is 6.43. The quantitative estimate of drug-likeness (QED) is 0.433. The molecule has 2 aromatic carbocycles. The van der Waals surface area contributed by atoms with Gasteiger partial charge in [0.05, 0.1) is 21.8 Å². The molecule has 0 saturated heterocycles. The van der Waals surface area contributed by atoms with E-state index in [4.69, 9.17) is 23.2 Å². The Balaban J connectivity index is 1.65. The van der Waals surface area contributed by atoms with Gasteiger partial charge in [-0.1, -0.05) is 67.0 Å². The van der Waals surface area contributed by atoms with Crippen molar-refractivity contribution < 1.29 is 9.59 Å². The molecule has 3 rings (SSSR count). The fraction of sp³-hybridized carbons (Fsp3) is 0.273. The summed E-state index contributed by atoms with van der Waals surface area (Å²) in [5.74, 6) is 0.450. The van der Waals surface area contributed by atoms with E-state index in [0.29, 0.717) is 32.3 Å². The second-order valence-corrected chi connectivity index (χ2v) is 9.18. The van der Waals surface area contributed by atoms with Gasteiger partial charge in [-0.3, -0.25) is 9.59 Å². The number of carbonyl (C=O) groups excluding carboxylic acids is 2. The SMILES string of the molecule is CC(C)[C@H](NC(=O)c1ccccc1)c1nnc(SCC(=O)Nc2ccc(Cl)c(Cl)c2)n1C. The topological polar surface area (TPSA) is 88.9 Å². The number of thioether (sulfide) groups is 1. The van der Waals surface area contributed by atoms with Gasteiger partial charge in [0.25, 0.3) is 5.91 Å². The summed E-state index contributed by atoms with van der Waals surface area (Å²) in [7, 11) is 1.82. The number of anilines is 1. The molecule has 0 bridgehead atoms. The van der Waals surface area contributed by atoms with Gasteiger partial charge >= 0.3 is 0 Å². The Labute approximate surface area is 200 Å². The number of benzene rings is 2. The number of carbonyl (C=O) groups is 2. The summed E-state index contributed by atoms with van der Waals surface area (Å²) >= 11 is 13.1. The van der Waals surface area contributed by atoms with E-state index in [9.17, 15) is 9.59 Å². The zero-order valence-electron chi connectivity index (χ0n) is 17.8. The Morgan fingerprint density at radius 1 is 1.06 bits per heavy atom. The van der Waals surface area contributed by atoms with Crippen molar-refractivity contribution in [2.45, 2.75) is 25.0 Å². The van der Waals surface area contributed by atoms with E-state index in [0.717, 1.165) is 0 Å². The molecule has 10 heteroatoms. The zero-order valence-corrected chi connectivity index (χ0v) is 20.1. The molecule has 0 aliphatic carbocycles. The number of nitrogens with one attached hydrogen (secondary N) is 2. The minimum absolute atomic E-state index is 0.0846. The van der Waals surface area contributed by atoms with Crippen molar-refractivity contribution >= 4 is 52.5 Å². The highest BCUT2D eigenvalue weighted by Gasteiger charge is 2.25. The molecule has 2 amide bonds. The lowest BCUT2D eigenvalue weighted by Gasteiger charge is -2.21. The average molecular weight is 492 g/mol. The van der Waals surface area contributed by atoms with Crippen LogP contribution in [-0.4, -0.2) is 32.3 Å². The van der Waals surface area contributed by atoms with Crippen LogP contribution in [0.25, 0.3) is 0 Å². The maximum absolute atomic E-state index is 12.6. The number of aromatic nitrogens is 3. The number of amides is 2. The summed E-state index contributed by atoms with van der Waals surface area (Å²) in [5.41, 5.74) is 1.14. The summed E-state index contributed by atoms with van der Waals surface area (Å²) in [6.45, 7) is 4.00. The number of hydrogen-bond donors (Lipinski definition) is 2.